The Balaban J connectivity index is 1.47. The molecule has 2 unspecified atom stereocenters. The largest absolute Gasteiger partial charge is 0.481 e. The summed E-state index contributed by atoms with van der Waals surface area (Å²) in [5.41, 5.74) is 0.224. The number of rotatable bonds is 3. The molecular weight excluding hydrogens is 272 g/mol. The maximum Gasteiger partial charge on any atom is 0.307 e. The number of nitrogens with zero attached hydrogens (tertiary/aromatic N) is 2. The SMILES string of the molecule is CC1(c2cc(C(=O)N3CCC4(CC4C(=O)O)C3)no2)CC1. The molecule has 1 amide bonds. The summed E-state index contributed by atoms with van der Waals surface area (Å²) < 4.78 is 5.31. The van der Waals surface area contributed by atoms with E-state index in [9.17, 15) is 9.59 Å². The van der Waals surface area contributed by atoms with Gasteiger partial charge in [0.15, 0.2) is 5.69 Å². The summed E-state index contributed by atoms with van der Waals surface area (Å²) in [6.45, 7) is 3.25. The Labute approximate surface area is 122 Å². The Bertz CT molecular complexity index is 633. The predicted molar refractivity (Wildman–Crippen MR) is 71.8 cm³/mol. The van der Waals surface area contributed by atoms with Gasteiger partial charge in [-0.2, -0.15) is 0 Å². The lowest BCUT2D eigenvalue weighted by molar-refractivity contribution is -0.139. The molecule has 2 saturated carbocycles. The molecule has 21 heavy (non-hydrogen) atoms. The summed E-state index contributed by atoms with van der Waals surface area (Å²) in [5.74, 6) is -0.375. The first-order chi connectivity index (χ1) is 9.93. The molecule has 2 atom stereocenters. The molecule has 3 fully saturated rings. The Morgan fingerprint density at radius 3 is 2.81 bits per heavy atom. The number of carbonyl (C=O) groups excluding carboxylic acids is 1. The fourth-order valence-electron chi connectivity index (χ4n) is 3.47. The van der Waals surface area contributed by atoms with E-state index in [4.69, 9.17) is 9.63 Å². The first-order valence-corrected chi connectivity index (χ1v) is 7.43. The van der Waals surface area contributed by atoms with Gasteiger partial charge in [-0.25, -0.2) is 0 Å². The van der Waals surface area contributed by atoms with Crippen LogP contribution in [0.3, 0.4) is 0 Å². The Hall–Kier alpha value is -1.85. The molecule has 0 radical (unpaired) electrons. The van der Waals surface area contributed by atoms with Crippen LogP contribution < -0.4 is 0 Å². The van der Waals surface area contributed by atoms with Gasteiger partial charge in [0, 0.05) is 30.0 Å². The highest BCUT2D eigenvalue weighted by Gasteiger charge is 2.61. The van der Waals surface area contributed by atoms with Crippen molar-refractivity contribution in [1.29, 1.82) is 0 Å². The minimum Gasteiger partial charge on any atom is -0.481 e. The van der Waals surface area contributed by atoms with Crippen LogP contribution >= 0.6 is 0 Å². The van der Waals surface area contributed by atoms with Crippen molar-refractivity contribution >= 4 is 11.9 Å². The van der Waals surface area contributed by atoms with Gasteiger partial charge in [-0.3, -0.25) is 9.59 Å². The van der Waals surface area contributed by atoms with Crippen molar-refractivity contribution in [3.63, 3.8) is 0 Å². The van der Waals surface area contributed by atoms with Crippen LogP contribution in [0.4, 0.5) is 0 Å². The number of carboxylic acid groups (broad SMARTS) is 1. The molecule has 1 spiro atoms. The number of carboxylic acids is 1. The number of aromatic nitrogens is 1. The van der Waals surface area contributed by atoms with E-state index < -0.39 is 5.97 Å². The first-order valence-electron chi connectivity index (χ1n) is 7.43. The highest BCUT2D eigenvalue weighted by Crippen LogP contribution is 2.58. The molecule has 1 saturated heterocycles. The van der Waals surface area contributed by atoms with Gasteiger partial charge in [0.05, 0.1) is 5.92 Å². The second-order valence-electron chi connectivity index (χ2n) is 7.07. The second-order valence-corrected chi connectivity index (χ2v) is 7.07. The Morgan fingerprint density at radius 2 is 2.19 bits per heavy atom. The Kier molecular flexibility index (Phi) is 2.37. The highest BCUT2D eigenvalue weighted by atomic mass is 16.5. The average Bonchev–Trinajstić information content (AvgIpc) is 3.19. The third kappa shape index (κ3) is 1.88. The van der Waals surface area contributed by atoms with E-state index in [1.807, 2.05) is 0 Å². The summed E-state index contributed by atoms with van der Waals surface area (Å²) in [6.07, 6.45) is 3.61. The van der Waals surface area contributed by atoms with Gasteiger partial charge >= 0.3 is 5.97 Å². The van der Waals surface area contributed by atoms with Gasteiger partial charge in [-0.1, -0.05) is 12.1 Å². The van der Waals surface area contributed by atoms with Gasteiger partial charge in [-0.05, 0) is 25.7 Å². The highest BCUT2D eigenvalue weighted by molar-refractivity contribution is 5.92. The van der Waals surface area contributed by atoms with E-state index in [0.717, 1.165) is 25.0 Å². The molecular formula is C15H18N2O4. The van der Waals surface area contributed by atoms with E-state index in [1.165, 1.54) is 0 Å². The molecule has 0 bridgehead atoms. The molecule has 112 valence electrons. The van der Waals surface area contributed by atoms with Crippen molar-refractivity contribution in [3.05, 3.63) is 17.5 Å². The predicted octanol–water partition coefficient (Wildman–Crippen LogP) is 1.66. The normalized spacial score (nSPS) is 32.4. The van der Waals surface area contributed by atoms with Crippen LogP contribution in [0.25, 0.3) is 0 Å². The van der Waals surface area contributed by atoms with Gasteiger partial charge in [0.25, 0.3) is 5.91 Å². The maximum atomic E-state index is 12.5. The zero-order valence-corrected chi connectivity index (χ0v) is 12.0. The lowest BCUT2D eigenvalue weighted by atomic mass is 10.0. The van der Waals surface area contributed by atoms with Crippen LogP contribution in [0.2, 0.25) is 0 Å². The molecule has 4 rings (SSSR count). The van der Waals surface area contributed by atoms with Crippen molar-refractivity contribution in [3.8, 4) is 0 Å². The summed E-state index contributed by atoms with van der Waals surface area (Å²) >= 11 is 0. The maximum absolute atomic E-state index is 12.5. The standard InChI is InChI=1S/C15H18N2O4/c1-14(2-3-14)11-6-10(16-21-11)12(18)17-5-4-15(8-17)7-9(15)13(19)20/h6,9H,2-5,7-8H2,1H3,(H,19,20). The lowest BCUT2D eigenvalue weighted by Crippen LogP contribution is -2.29. The van der Waals surface area contributed by atoms with Crippen molar-refractivity contribution in [2.45, 2.75) is 38.0 Å². The monoisotopic (exact) mass is 290 g/mol. The molecule has 0 aromatic carbocycles. The van der Waals surface area contributed by atoms with Crippen molar-refractivity contribution < 1.29 is 19.2 Å². The molecule has 1 N–H and O–H groups in total. The molecule has 6 nitrogen and oxygen atoms in total. The average molecular weight is 290 g/mol. The fourth-order valence-corrected chi connectivity index (χ4v) is 3.47. The first kappa shape index (κ1) is 12.9. The van der Waals surface area contributed by atoms with Crippen LogP contribution in [0.5, 0.6) is 0 Å². The van der Waals surface area contributed by atoms with Crippen LogP contribution in [-0.4, -0.2) is 40.1 Å². The van der Waals surface area contributed by atoms with Crippen molar-refractivity contribution in [2.75, 3.05) is 13.1 Å². The number of hydrogen-bond donors (Lipinski definition) is 1. The zero-order chi connectivity index (χ0) is 14.8. The number of likely N-dealkylation sites (tertiary alicyclic amines) is 1. The number of aliphatic carboxylic acids is 1. The quantitative estimate of drug-likeness (QED) is 0.915. The topological polar surface area (TPSA) is 83.6 Å². The smallest absolute Gasteiger partial charge is 0.307 e. The lowest BCUT2D eigenvalue weighted by Gasteiger charge is -2.14. The van der Waals surface area contributed by atoms with E-state index in [1.54, 1.807) is 11.0 Å². The molecule has 2 heterocycles. The molecule has 3 aliphatic rings. The third-order valence-electron chi connectivity index (χ3n) is 5.48. The van der Waals surface area contributed by atoms with Crippen LogP contribution in [-0.2, 0) is 10.2 Å². The van der Waals surface area contributed by atoms with E-state index in [-0.39, 0.29) is 22.7 Å². The zero-order valence-electron chi connectivity index (χ0n) is 12.0. The number of hydrogen-bond acceptors (Lipinski definition) is 4. The summed E-state index contributed by atoms with van der Waals surface area (Å²) in [4.78, 5) is 25.2. The summed E-state index contributed by atoms with van der Waals surface area (Å²) in [7, 11) is 0. The number of carbonyl (C=O) groups is 2. The van der Waals surface area contributed by atoms with Gasteiger partial charge < -0.3 is 14.5 Å². The summed E-state index contributed by atoms with van der Waals surface area (Å²) in [5, 5.41) is 13.0. The second kappa shape index (κ2) is 3.87. The molecule has 1 aromatic heterocycles. The number of amides is 1. The molecule has 1 aromatic rings. The third-order valence-corrected chi connectivity index (χ3v) is 5.48. The molecule has 1 aliphatic heterocycles. The van der Waals surface area contributed by atoms with Crippen LogP contribution in [0.1, 0.15) is 48.9 Å². The molecule has 6 heteroatoms. The minimum atomic E-state index is -0.741. The van der Waals surface area contributed by atoms with Gasteiger partial charge in [-0.15, -0.1) is 0 Å². The minimum absolute atomic E-state index is 0.0582. The van der Waals surface area contributed by atoms with Crippen LogP contribution in [0, 0.1) is 11.3 Å². The van der Waals surface area contributed by atoms with Crippen molar-refractivity contribution in [1.82, 2.24) is 10.1 Å². The van der Waals surface area contributed by atoms with Gasteiger partial charge in [0.1, 0.15) is 5.76 Å². The van der Waals surface area contributed by atoms with Crippen LogP contribution in [0.15, 0.2) is 10.6 Å². The van der Waals surface area contributed by atoms with E-state index in [2.05, 4.69) is 12.1 Å². The van der Waals surface area contributed by atoms with E-state index >= 15 is 0 Å². The summed E-state index contributed by atoms with van der Waals surface area (Å²) in [6, 6.07) is 1.75. The van der Waals surface area contributed by atoms with Gasteiger partial charge in [0.2, 0.25) is 0 Å². The fraction of sp³-hybridized carbons (Fsp3) is 0.667. The van der Waals surface area contributed by atoms with Crippen molar-refractivity contribution in [2.24, 2.45) is 11.3 Å². The Morgan fingerprint density at radius 1 is 1.43 bits per heavy atom. The molecule has 2 aliphatic carbocycles. The van der Waals surface area contributed by atoms with E-state index in [0.29, 0.717) is 25.2 Å².